The van der Waals surface area contributed by atoms with Crippen molar-refractivity contribution in [1.29, 1.82) is 0 Å². The summed E-state index contributed by atoms with van der Waals surface area (Å²) < 4.78 is 82.6. The molecular formula is C20H12F6N4O. The van der Waals surface area contributed by atoms with E-state index in [9.17, 15) is 22.4 Å². The van der Waals surface area contributed by atoms with E-state index in [4.69, 9.17) is 0 Å². The van der Waals surface area contributed by atoms with Crippen molar-refractivity contribution in [2.45, 2.75) is 18.5 Å². The van der Waals surface area contributed by atoms with Crippen molar-refractivity contribution in [3.05, 3.63) is 76.4 Å². The molecule has 11 heteroatoms. The van der Waals surface area contributed by atoms with Gasteiger partial charge in [0.1, 0.15) is 11.5 Å². The number of alkyl halides is 5. The lowest BCUT2D eigenvalue weighted by Crippen LogP contribution is -2.32. The van der Waals surface area contributed by atoms with Crippen LogP contribution in [0.15, 0.2) is 42.7 Å². The largest absolute Gasteiger partial charge is 0.416 e. The Morgan fingerprint density at radius 2 is 1.71 bits per heavy atom. The maximum atomic E-state index is 15.0. The molecule has 0 unspecified atom stereocenters. The predicted octanol–water partition coefficient (Wildman–Crippen LogP) is 4.12. The van der Waals surface area contributed by atoms with Crippen LogP contribution in [0.2, 0.25) is 0 Å². The average molecular weight is 438 g/mol. The van der Waals surface area contributed by atoms with E-state index in [0.29, 0.717) is 36.4 Å². The van der Waals surface area contributed by atoms with Gasteiger partial charge in [0.2, 0.25) is 0 Å². The number of carbonyl (C=O) groups excluding carboxylic acids is 1. The molecule has 1 aliphatic heterocycles. The Bertz CT molecular complexity index is 1180. The summed E-state index contributed by atoms with van der Waals surface area (Å²) in [4.78, 5) is 16.1. The minimum Gasteiger partial charge on any atom is -0.352 e. The molecule has 160 valence electrons. The number of carbonyl (C=O) groups is 1. The Hall–Kier alpha value is -3.50. The van der Waals surface area contributed by atoms with Crippen LogP contribution in [0.5, 0.6) is 0 Å². The molecule has 1 amide bonds. The Kier molecular flexibility index (Phi) is 4.91. The first-order valence-electron chi connectivity index (χ1n) is 8.93. The smallest absolute Gasteiger partial charge is 0.352 e. The summed E-state index contributed by atoms with van der Waals surface area (Å²) in [6.07, 6.45) is -2.62. The lowest BCUT2D eigenvalue weighted by Gasteiger charge is -2.20. The summed E-state index contributed by atoms with van der Waals surface area (Å²) in [5.41, 5.74) is -2.63. The average Bonchev–Trinajstić information content (AvgIpc) is 2.73. The van der Waals surface area contributed by atoms with E-state index < -0.39 is 34.6 Å². The number of halogens is 6. The molecule has 31 heavy (non-hydrogen) atoms. The molecule has 0 saturated carbocycles. The number of aromatic nitrogens is 3. The Labute approximate surface area is 171 Å². The second-order valence-corrected chi connectivity index (χ2v) is 6.82. The van der Waals surface area contributed by atoms with Gasteiger partial charge in [-0.15, -0.1) is 5.10 Å². The molecule has 0 saturated heterocycles. The first-order chi connectivity index (χ1) is 14.6. The number of rotatable bonds is 3. The van der Waals surface area contributed by atoms with Gasteiger partial charge in [-0.2, -0.15) is 27.1 Å². The van der Waals surface area contributed by atoms with Crippen LogP contribution >= 0.6 is 0 Å². The van der Waals surface area contributed by atoms with Crippen LogP contribution in [-0.2, 0) is 18.5 Å². The van der Waals surface area contributed by atoms with Crippen molar-refractivity contribution in [3.8, 4) is 11.4 Å². The van der Waals surface area contributed by atoms with Gasteiger partial charge in [-0.1, -0.05) is 0 Å². The highest BCUT2D eigenvalue weighted by atomic mass is 19.4. The van der Waals surface area contributed by atoms with E-state index in [0.717, 1.165) is 6.07 Å². The quantitative estimate of drug-likeness (QED) is 0.625. The number of benzene rings is 1. The molecule has 0 bridgehead atoms. The molecule has 1 N–H and O–H groups in total. The van der Waals surface area contributed by atoms with Crippen LogP contribution in [0.3, 0.4) is 0 Å². The number of hydrogen-bond acceptors (Lipinski definition) is 4. The molecule has 0 atom stereocenters. The summed E-state index contributed by atoms with van der Waals surface area (Å²) in [5.74, 6) is -5.80. The molecule has 4 rings (SSSR count). The van der Waals surface area contributed by atoms with Crippen molar-refractivity contribution in [3.63, 3.8) is 0 Å². The van der Waals surface area contributed by atoms with Crippen molar-refractivity contribution in [2.24, 2.45) is 0 Å². The molecule has 0 aliphatic carbocycles. The molecule has 2 aromatic heterocycles. The van der Waals surface area contributed by atoms with Gasteiger partial charge in [0.25, 0.3) is 11.8 Å². The second-order valence-electron chi connectivity index (χ2n) is 6.82. The van der Waals surface area contributed by atoms with Crippen LogP contribution in [0.1, 0.15) is 32.6 Å². The summed E-state index contributed by atoms with van der Waals surface area (Å²) in [6.45, 7) is 0.317. The van der Waals surface area contributed by atoms with E-state index in [1.54, 1.807) is 0 Å². The zero-order valence-electron chi connectivity index (χ0n) is 15.5. The third kappa shape index (κ3) is 3.82. The fraction of sp³-hybridized carbons (Fsp3) is 0.200. The standard InChI is InChI=1S/C20H12F6N4O/c21-13-6-10(5-11(7-13)20(24,25)26)19(22,23)12-8-16(30-29-9-12)17-14-1-4-28-18(31)15(14)2-3-27-17/h2-3,5-9H,1,4H2,(H,28,31). The van der Waals surface area contributed by atoms with E-state index in [1.165, 1.54) is 12.3 Å². The highest BCUT2D eigenvalue weighted by Crippen LogP contribution is 2.40. The van der Waals surface area contributed by atoms with Gasteiger partial charge in [-0.05, 0) is 42.3 Å². The van der Waals surface area contributed by atoms with Gasteiger partial charge in [0.15, 0.2) is 0 Å². The van der Waals surface area contributed by atoms with E-state index in [-0.39, 0.29) is 29.4 Å². The molecule has 1 aliphatic rings. The van der Waals surface area contributed by atoms with Crippen LogP contribution < -0.4 is 5.32 Å². The highest BCUT2D eigenvalue weighted by Gasteiger charge is 2.39. The fourth-order valence-corrected chi connectivity index (χ4v) is 3.33. The Balaban J connectivity index is 1.80. The highest BCUT2D eigenvalue weighted by molar-refractivity contribution is 5.98. The van der Waals surface area contributed by atoms with Gasteiger partial charge < -0.3 is 5.32 Å². The minimum absolute atomic E-state index is 0.0869. The monoisotopic (exact) mass is 438 g/mol. The summed E-state index contributed by atoms with van der Waals surface area (Å²) in [6, 6.07) is 3.06. The van der Waals surface area contributed by atoms with Crippen molar-refractivity contribution in [2.75, 3.05) is 6.54 Å². The van der Waals surface area contributed by atoms with Gasteiger partial charge in [0.05, 0.1) is 17.5 Å². The number of fused-ring (bicyclic) bond motifs is 1. The maximum Gasteiger partial charge on any atom is 0.416 e. The topological polar surface area (TPSA) is 67.8 Å². The van der Waals surface area contributed by atoms with Crippen molar-refractivity contribution in [1.82, 2.24) is 20.5 Å². The van der Waals surface area contributed by atoms with E-state index in [2.05, 4.69) is 20.5 Å². The van der Waals surface area contributed by atoms with Crippen LogP contribution in [0.25, 0.3) is 11.4 Å². The number of nitrogens with one attached hydrogen (secondary N) is 1. The van der Waals surface area contributed by atoms with Crippen molar-refractivity contribution < 1.29 is 31.1 Å². The number of amides is 1. The van der Waals surface area contributed by atoms with Crippen LogP contribution in [-0.4, -0.2) is 27.6 Å². The molecule has 0 fully saturated rings. The first-order valence-corrected chi connectivity index (χ1v) is 8.93. The first kappa shape index (κ1) is 20.8. The fourth-order valence-electron chi connectivity index (χ4n) is 3.33. The molecule has 3 aromatic rings. The van der Waals surface area contributed by atoms with E-state index in [1.807, 2.05) is 0 Å². The van der Waals surface area contributed by atoms with Gasteiger partial charge >= 0.3 is 6.18 Å². The number of hydrogen-bond donors (Lipinski definition) is 1. The van der Waals surface area contributed by atoms with Gasteiger partial charge in [0, 0.05) is 29.4 Å². The normalized spacial score (nSPS) is 14.2. The number of pyridine rings is 1. The molecule has 3 heterocycles. The zero-order valence-corrected chi connectivity index (χ0v) is 15.5. The molecule has 5 nitrogen and oxygen atoms in total. The predicted molar refractivity (Wildman–Crippen MR) is 95.7 cm³/mol. The summed E-state index contributed by atoms with van der Waals surface area (Å²) >= 11 is 0. The van der Waals surface area contributed by atoms with E-state index >= 15 is 8.78 Å². The van der Waals surface area contributed by atoms with Crippen molar-refractivity contribution >= 4 is 5.91 Å². The van der Waals surface area contributed by atoms with Crippen LogP contribution in [0.4, 0.5) is 26.3 Å². The maximum absolute atomic E-state index is 15.0. The third-order valence-corrected chi connectivity index (χ3v) is 4.81. The molecule has 0 radical (unpaired) electrons. The summed E-state index contributed by atoms with van der Waals surface area (Å²) in [5, 5.41) is 9.97. The minimum atomic E-state index is -5.00. The molecule has 0 spiro atoms. The summed E-state index contributed by atoms with van der Waals surface area (Å²) in [7, 11) is 0. The third-order valence-electron chi connectivity index (χ3n) is 4.81. The molecule has 1 aromatic carbocycles. The second kappa shape index (κ2) is 7.33. The number of nitrogens with zero attached hydrogens (tertiary/aromatic N) is 3. The zero-order chi connectivity index (χ0) is 22.4. The Morgan fingerprint density at radius 3 is 2.45 bits per heavy atom. The van der Waals surface area contributed by atoms with Crippen LogP contribution in [0, 0.1) is 5.82 Å². The molecular weight excluding hydrogens is 426 g/mol. The lowest BCUT2D eigenvalue weighted by atomic mass is 9.95. The van der Waals surface area contributed by atoms with Gasteiger partial charge in [-0.25, -0.2) is 4.39 Å². The lowest BCUT2D eigenvalue weighted by molar-refractivity contribution is -0.138. The SMILES string of the molecule is O=C1NCCc2c1ccnc2-c1cc(C(F)(F)c2cc(F)cc(C(F)(F)F)c2)cnn1. The van der Waals surface area contributed by atoms with Gasteiger partial charge in [-0.3, -0.25) is 9.78 Å². The Morgan fingerprint density at radius 1 is 0.968 bits per heavy atom.